The van der Waals surface area contributed by atoms with Crippen LogP contribution in [0.4, 0.5) is 0 Å². The minimum Gasteiger partial charge on any atom is -0.497 e. The van der Waals surface area contributed by atoms with Gasteiger partial charge in [-0.1, -0.05) is 12.1 Å². The zero-order valence-corrected chi connectivity index (χ0v) is 18.2. The average molecular weight is 424 g/mol. The lowest BCUT2D eigenvalue weighted by atomic mass is 10.0. The van der Waals surface area contributed by atoms with Crippen LogP contribution >= 0.6 is 11.8 Å². The Balaban J connectivity index is 1.76. The van der Waals surface area contributed by atoms with Crippen LogP contribution in [0.15, 0.2) is 47.4 Å². The van der Waals surface area contributed by atoms with Crippen LogP contribution in [0.25, 0.3) is 11.0 Å². The van der Waals surface area contributed by atoms with E-state index in [4.69, 9.17) is 4.74 Å². The number of aromatic nitrogens is 2. The van der Waals surface area contributed by atoms with E-state index in [0.717, 1.165) is 28.5 Å². The van der Waals surface area contributed by atoms with Crippen molar-refractivity contribution >= 4 is 28.7 Å². The Hall–Kier alpha value is -2.80. The lowest BCUT2D eigenvalue weighted by Crippen LogP contribution is -2.42. The smallest absolute Gasteiger partial charge is 0.259 e. The topological polar surface area (TPSA) is 64.4 Å². The molecule has 1 aliphatic rings. The molecular weight excluding hydrogens is 398 g/mol. The first-order valence-corrected chi connectivity index (χ1v) is 11.2. The maximum atomic E-state index is 13.6. The summed E-state index contributed by atoms with van der Waals surface area (Å²) in [4.78, 5) is 33.1. The molecule has 0 bridgehead atoms. The predicted octanol–water partition coefficient (Wildman–Crippen LogP) is 3.66. The van der Waals surface area contributed by atoms with Crippen molar-refractivity contribution in [3.63, 3.8) is 0 Å². The van der Waals surface area contributed by atoms with E-state index in [0.29, 0.717) is 24.1 Å². The monoisotopic (exact) mass is 423 g/mol. The lowest BCUT2D eigenvalue weighted by molar-refractivity contribution is 0.0699. The van der Waals surface area contributed by atoms with Gasteiger partial charge in [0.15, 0.2) is 0 Å². The minimum absolute atomic E-state index is 0.0801. The van der Waals surface area contributed by atoms with Gasteiger partial charge < -0.3 is 14.2 Å². The normalized spacial score (nSPS) is 16.6. The van der Waals surface area contributed by atoms with Crippen molar-refractivity contribution in [3.05, 3.63) is 69.6 Å². The number of thioether (sulfide) groups is 1. The van der Waals surface area contributed by atoms with Gasteiger partial charge >= 0.3 is 0 Å². The molecular formula is C23H25N3O3S. The first-order valence-electron chi connectivity index (χ1n) is 10.1. The second kappa shape index (κ2) is 8.52. The van der Waals surface area contributed by atoms with Gasteiger partial charge in [-0.3, -0.25) is 9.59 Å². The molecule has 0 N–H and O–H groups in total. The quantitative estimate of drug-likeness (QED) is 0.641. The molecule has 1 aromatic carbocycles. The largest absolute Gasteiger partial charge is 0.497 e. The molecule has 156 valence electrons. The van der Waals surface area contributed by atoms with Crippen molar-refractivity contribution in [1.29, 1.82) is 0 Å². The van der Waals surface area contributed by atoms with E-state index in [9.17, 15) is 9.59 Å². The molecule has 1 atom stereocenters. The molecule has 0 aliphatic carbocycles. The molecule has 3 heterocycles. The fraction of sp³-hybridized carbons (Fsp3) is 0.348. The SMILES string of the molecule is CCn1cc(C(=O)N2CCSC[C@@H]2c2ccc(OC)cc2)c(=O)c2ccc(C)nc21. The number of ether oxygens (including phenoxy) is 1. The Bertz CT molecular complexity index is 1140. The number of fused-ring (bicyclic) bond motifs is 1. The minimum atomic E-state index is -0.251. The van der Waals surface area contributed by atoms with Crippen molar-refractivity contribution in [2.24, 2.45) is 0 Å². The average Bonchev–Trinajstić information content (AvgIpc) is 2.79. The van der Waals surface area contributed by atoms with Crippen molar-refractivity contribution < 1.29 is 9.53 Å². The van der Waals surface area contributed by atoms with Gasteiger partial charge in [-0.05, 0) is 43.7 Å². The summed E-state index contributed by atoms with van der Waals surface area (Å²) in [6.07, 6.45) is 1.67. The van der Waals surface area contributed by atoms with Gasteiger partial charge in [0, 0.05) is 36.5 Å². The molecule has 7 heteroatoms. The van der Waals surface area contributed by atoms with Crippen LogP contribution in [0.1, 0.15) is 34.6 Å². The highest BCUT2D eigenvalue weighted by Crippen LogP contribution is 2.31. The summed E-state index contributed by atoms with van der Waals surface area (Å²) < 4.78 is 7.14. The maximum Gasteiger partial charge on any atom is 0.259 e. The number of carbonyl (C=O) groups excluding carboxylic acids is 1. The number of amides is 1. The van der Waals surface area contributed by atoms with Crippen LogP contribution in [-0.2, 0) is 6.54 Å². The molecule has 30 heavy (non-hydrogen) atoms. The number of nitrogens with zero attached hydrogens (tertiary/aromatic N) is 3. The van der Waals surface area contributed by atoms with Crippen LogP contribution < -0.4 is 10.2 Å². The van der Waals surface area contributed by atoms with Gasteiger partial charge in [-0.2, -0.15) is 11.8 Å². The first kappa shape index (κ1) is 20.5. The second-order valence-corrected chi connectivity index (χ2v) is 8.49. The number of hydrogen-bond donors (Lipinski definition) is 0. The number of rotatable bonds is 4. The van der Waals surface area contributed by atoms with Crippen LogP contribution in [0, 0.1) is 6.92 Å². The highest BCUT2D eigenvalue weighted by atomic mass is 32.2. The van der Waals surface area contributed by atoms with Gasteiger partial charge in [0.05, 0.1) is 18.5 Å². The van der Waals surface area contributed by atoms with Gasteiger partial charge in [0.25, 0.3) is 5.91 Å². The van der Waals surface area contributed by atoms with Crippen LogP contribution in [0.2, 0.25) is 0 Å². The van der Waals surface area contributed by atoms with Crippen molar-refractivity contribution in [3.8, 4) is 5.75 Å². The van der Waals surface area contributed by atoms with Crippen LogP contribution in [0.3, 0.4) is 0 Å². The summed E-state index contributed by atoms with van der Waals surface area (Å²) in [6.45, 7) is 5.12. The molecule has 1 fully saturated rings. The summed E-state index contributed by atoms with van der Waals surface area (Å²) in [5, 5.41) is 0.487. The standard InChI is InChI=1S/C23H25N3O3S/c1-4-25-13-19(21(27)18-10-5-15(2)24-22(18)25)23(28)26-11-12-30-14-20(26)16-6-8-17(29-3)9-7-16/h5-10,13,20H,4,11-12,14H2,1-3H3/t20-/m1/s1. The zero-order valence-electron chi connectivity index (χ0n) is 17.4. The van der Waals surface area contributed by atoms with E-state index in [1.807, 2.05) is 65.4 Å². The third-order valence-electron chi connectivity index (χ3n) is 5.52. The summed E-state index contributed by atoms with van der Waals surface area (Å²) in [5.74, 6) is 2.22. The molecule has 0 unspecified atom stereocenters. The van der Waals surface area contributed by atoms with E-state index in [1.54, 1.807) is 19.4 Å². The summed E-state index contributed by atoms with van der Waals surface area (Å²) in [7, 11) is 1.64. The maximum absolute atomic E-state index is 13.6. The Morgan fingerprint density at radius 3 is 2.70 bits per heavy atom. The summed E-state index contributed by atoms with van der Waals surface area (Å²) >= 11 is 1.82. The van der Waals surface area contributed by atoms with Crippen LogP contribution in [0.5, 0.6) is 5.75 Å². The number of benzene rings is 1. The molecule has 1 saturated heterocycles. The van der Waals surface area contributed by atoms with Crippen molar-refractivity contribution in [1.82, 2.24) is 14.5 Å². The van der Waals surface area contributed by atoms with E-state index in [1.165, 1.54) is 0 Å². The lowest BCUT2D eigenvalue weighted by Gasteiger charge is -2.36. The van der Waals surface area contributed by atoms with Gasteiger partial charge in [0.1, 0.15) is 17.0 Å². The Labute approximate surface area is 179 Å². The van der Waals surface area contributed by atoms with Crippen molar-refractivity contribution in [2.45, 2.75) is 26.4 Å². The number of pyridine rings is 2. The van der Waals surface area contributed by atoms with Gasteiger partial charge in [0.2, 0.25) is 5.43 Å². The van der Waals surface area contributed by atoms with E-state index < -0.39 is 0 Å². The zero-order chi connectivity index (χ0) is 21.3. The van der Waals surface area contributed by atoms with Gasteiger partial charge in [-0.25, -0.2) is 4.98 Å². The number of aryl methyl sites for hydroxylation is 2. The highest BCUT2D eigenvalue weighted by molar-refractivity contribution is 7.99. The molecule has 1 aliphatic heterocycles. The van der Waals surface area contributed by atoms with E-state index >= 15 is 0 Å². The van der Waals surface area contributed by atoms with Crippen molar-refractivity contribution in [2.75, 3.05) is 25.2 Å². The second-order valence-electron chi connectivity index (χ2n) is 7.34. The van der Waals surface area contributed by atoms with E-state index in [-0.39, 0.29) is 22.9 Å². The molecule has 6 nitrogen and oxygen atoms in total. The molecule has 3 aromatic rings. The van der Waals surface area contributed by atoms with Gasteiger partial charge in [-0.15, -0.1) is 0 Å². The number of hydrogen-bond acceptors (Lipinski definition) is 5. The predicted molar refractivity (Wildman–Crippen MR) is 121 cm³/mol. The Morgan fingerprint density at radius 2 is 2.00 bits per heavy atom. The highest BCUT2D eigenvalue weighted by Gasteiger charge is 2.31. The number of methoxy groups -OCH3 is 1. The molecule has 1 amide bonds. The molecule has 0 saturated carbocycles. The summed E-state index contributed by atoms with van der Waals surface area (Å²) in [6, 6.07) is 11.3. The van der Waals surface area contributed by atoms with Crippen LogP contribution in [-0.4, -0.2) is 45.5 Å². The fourth-order valence-electron chi connectivity index (χ4n) is 3.86. The summed E-state index contributed by atoms with van der Waals surface area (Å²) in [5.41, 5.74) is 2.47. The molecule has 2 aromatic heterocycles. The number of carbonyl (C=O) groups is 1. The first-order chi connectivity index (χ1) is 14.5. The molecule has 0 radical (unpaired) electrons. The van der Waals surface area contributed by atoms with E-state index in [2.05, 4.69) is 4.98 Å². The Morgan fingerprint density at radius 1 is 1.23 bits per heavy atom. The molecule has 0 spiro atoms. The molecule has 4 rings (SSSR count). The Kier molecular flexibility index (Phi) is 5.81. The third kappa shape index (κ3) is 3.69. The third-order valence-corrected chi connectivity index (χ3v) is 6.54. The fourth-order valence-corrected chi connectivity index (χ4v) is 4.95.